The van der Waals surface area contributed by atoms with Crippen LogP contribution < -0.4 is 0 Å². The van der Waals surface area contributed by atoms with Gasteiger partial charge in [-0.1, -0.05) is 79.2 Å². The number of pyridine rings is 1. The largest absolute Gasteiger partial charge is 0.512 e. The van der Waals surface area contributed by atoms with Gasteiger partial charge >= 0.3 is 0 Å². The average molecular weight is 623 g/mol. The van der Waals surface area contributed by atoms with Crippen LogP contribution in [0.5, 0.6) is 0 Å². The maximum Gasteiger partial charge on any atom is 0.164 e. The number of carbonyl (C=O) groups excluding carboxylic acids is 1. The molecular formula is C29H36IrNO2-. The SMILES string of the molecule is CC(C)(C)C(=O)/C=C(\O)C(C)(C)C.Cc1ccc2ccnc(-c3[c-]ccc(C)c3C)c2c1.[Ir]. The van der Waals surface area contributed by atoms with Crippen molar-refractivity contribution in [3.8, 4) is 11.3 Å². The maximum absolute atomic E-state index is 11.5. The normalized spacial score (nSPS) is 12.0. The molecule has 0 unspecified atom stereocenters. The van der Waals surface area contributed by atoms with E-state index in [1.807, 2.05) is 53.8 Å². The van der Waals surface area contributed by atoms with Gasteiger partial charge in [0.15, 0.2) is 5.78 Å². The van der Waals surface area contributed by atoms with Crippen molar-refractivity contribution in [2.45, 2.75) is 62.3 Å². The molecule has 0 saturated carbocycles. The Morgan fingerprint density at radius 3 is 2.18 bits per heavy atom. The number of nitrogens with zero attached hydrogens (tertiary/aromatic N) is 1. The number of aliphatic hydroxyl groups is 1. The van der Waals surface area contributed by atoms with Gasteiger partial charge < -0.3 is 10.1 Å². The first kappa shape index (κ1) is 28.7. The van der Waals surface area contributed by atoms with E-state index in [-0.39, 0.29) is 37.1 Å². The van der Waals surface area contributed by atoms with Gasteiger partial charge in [-0.25, -0.2) is 0 Å². The molecule has 1 radical (unpaired) electrons. The second kappa shape index (κ2) is 11.2. The zero-order chi connectivity index (χ0) is 24.3. The van der Waals surface area contributed by atoms with Crippen molar-refractivity contribution in [1.82, 2.24) is 4.98 Å². The number of fused-ring (bicyclic) bond motifs is 1. The van der Waals surface area contributed by atoms with Crippen molar-refractivity contribution in [3.05, 3.63) is 77.2 Å². The summed E-state index contributed by atoms with van der Waals surface area (Å²) >= 11 is 0. The summed E-state index contributed by atoms with van der Waals surface area (Å²) in [7, 11) is 0. The van der Waals surface area contributed by atoms with Crippen LogP contribution in [0, 0.1) is 37.7 Å². The number of aromatic nitrogens is 1. The van der Waals surface area contributed by atoms with Crippen LogP contribution in [0.1, 0.15) is 58.2 Å². The molecule has 179 valence electrons. The van der Waals surface area contributed by atoms with Gasteiger partial charge in [-0.15, -0.1) is 34.9 Å². The van der Waals surface area contributed by atoms with Crippen LogP contribution in [0.25, 0.3) is 22.0 Å². The molecule has 0 spiro atoms. The van der Waals surface area contributed by atoms with E-state index in [0.717, 1.165) is 11.3 Å². The van der Waals surface area contributed by atoms with Crippen molar-refractivity contribution in [3.63, 3.8) is 0 Å². The predicted molar refractivity (Wildman–Crippen MR) is 135 cm³/mol. The number of hydrogen-bond donors (Lipinski definition) is 1. The number of carbonyl (C=O) groups is 1. The van der Waals surface area contributed by atoms with Crippen molar-refractivity contribution in [2.75, 3.05) is 0 Å². The molecule has 0 bridgehead atoms. The van der Waals surface area contributed by atoms with E-state index in [1.54, 1.807) is 0 Å². The van der Waals surface area contributed by atoms with Gasteiger partial charge in [0, 0.05) is 43.2 Å². The number of allylic oxidation sites excluding steroid dienone is 2. The van der Waals surface area contributed by atoms with Crippen LogP contribution in [-0.4, -0.2) is 15.9 Å². The van der Waals surface area contributed by atoms with E-state index in [2.05, 4.69) is 62.2 Å². The van der Waals surface area contributed by atoms with Gasteiger partial charge in [-0.2, -0.15) is 0 Å². The van der Waals surface area contributed by atoms with Crippen molar-refractivity contribution < 1.29 is 30.0 Å². The van der Waals surface area contributed by atoms with E-state index in [0.29, 0.717) is 0 Å². The Morgan fingerprint density at radius 2 is 1.61 bits per heavy atom. The third kappa shape index (κ3) is 7.62. The molecule has 3 aromatic rings. The summed E-state index contributed by atoms with van der Waals surface area (Å²) in [4.78, 5) is 16.1. The molecule has 0 amide bonds. The number of rotatable bonds is 2. The molecule has 2 aromatic carbocycles. The molecule has 1 heterocycles. The molecule has 3 nitrogen and oxygen atoms in total. The van der Waals surface area contributed by atoms with E-state index in [4.69, 9.17) is 0 Å². The summed E-state index contributed by atoms with van der Waals surface area (Å²) < 4.78 is 0. The van der Waals surface area contributed by atoms with Crippen LogP contribution in [0.15, 0.2) is 54.4 Å². The van der Waals surface area contributed by atoms with Crippen molar-refractivity contribution in [1.29, 1.82) is 0 Å². The fourth-order valence-electron chi connectivity index (χ4n) is 2.96. The van der Waals surface area contributed by atoms with Gasteiger partial charge in [-0.05, 0) is 29.5 Å². The monoisotopic (exact) mass is 623 g/mol. The fraction of sp³-hybridized carbons (Fsp3) is 0.379. The second-order valence-corrected chi connectivity index (χ2v) is 10.4. The molecule has 0 fully saturated rings. The second-order valence-electron chi connectivity index (χ2n) is 10.4. The van der Waals surface area contributed by atoms with Crippen LogP contribution in [0.4, 0.5) is 0 Å². The van der Waals surface area contributed by atoms with E-state index < -0.39 is 5.41 Å². The smallest absolute Gasteiger partial charge is 0.164 e. The molecule has 1 aromatic heterocycles. The van der Waals surface area contributed by atoms with Crippen LogP contribution in [0.3, 0.4) is 0 Å². The number of hydrogen-bond acceptors (Lipinski definition) is 3. The van der Waals surface area contributed by atoms with Crippen molar-refractivity contribution in [2.24, 2.45) is 10.8 Å². The van der Waals surface area contributed by atoms with E-state index in [1.165, 1.54) is 33.5 Å². The topological polar surface area (TPSA) is 50.2 Å². The Hall–Kier alpha value is -2.29. The summed E-state index contributed by atoms with van der Waals surface area (Å²) in [5.74, 6) is 0.104. The molecule has 1 N–H and O–H groups in total. The average Bonchev–Trinajstić information content (AvgIpc) is 2.69. The Bertz CT molecular complexity index is 1150. The molecule has 0 atom stereocenters. The molecule has 0 aliphatic rings. The summed E-state index contributed by atoms with van der Waals surface area (Å²) in [5.41, 5.74) is 5.16. The predicted octanol–water partition coefficient (Wildman–Crippen LogP) is 7.71. The summed E-state index contributed by atoms with van der Waals surface area (Å²) in [5, 5.41) is 12.0. The Balaban J connectivity index is 0.000000346. The third-order valence-corrected chi connectivity index (χ3v) is 5.46. The minimum absolute atomic E-state index is 0. The molecule has 4 heteroatoms. The number of aliphatic hydroxyl groups excluding tert-OH is 1. The zero-order valence-corrected chi connectivity index (χ0v) is 23.6. The Kier molecular flexibility index (Phi) is 9.78. The Labute approximate surface area is 212 Å². The van der Waals surface area contributed by atoms with Gasteiger partial charge in [0.2, 0.25) is 0 Å². The number of aryl methyl sites for hydroxylation is 2. The quantitative estimate of drug-likeness (QED) is 0.181. The van der Waals surface area contributed by atoms with Gasteiger partial charge in [0.25, 0.3) is 0 Å². The Morgan fingerprint density at radius 1 is 0.970 bits per heavy atom. The standard InChI is InChI=1S/C18H16N.C11H20O2.Ir/c1-12-7-8-15-9-10-19-18(17(15)11-12)16-6-4-5-13(2)14(16)3;1-10(2,3)8(12)7-9(13)11(4,5)6;/h4-5,7-11H,1-3H3;7,12H,1-6H3;/q-1;;/b;8-7-;. The van der Waals surface area contributed by atoms with Gasteiger partial charge in [0.1, 0.15) is 5.76 Å². The maximum atomic E-state index is 11.5. The summed E-state index contributed by atoms with van der Waals surface area (Å²) in [6, 6.07) is 16.0. The van der Waals surface area contributed by atoms with Crippen LogP contribution >= 0.6 is 0 Å². The number of ketones is 1. The van der Waals surface area contributed by atoms with Gasteiger partial charge in [-0.3, -0.25) is 4.79 Å². The summed E-state index contributed by atoms with van der Waals surface area (Å²) in [6.07, 6.45) is 3.21. The van der Waals surface area contributed by atoms with E-state index >= 15 is 0 Å². The molecule has 3 rings (SSSR count). The minimum atomic E-state index is -0.417. The number of benzene rings is 2. The van der Waals surface area contributed by atoms with Crippen LogP contribution in [0.2, 0.25) is 0 Å². The first-order chi connectivity index (χ1) is 14.7. The van der Waals surface area contributed by atoms with Crippen molar-refractivity contribution >= 4 is 16.6 Å². The van der Waals surface area contributed by atoms with E-state index in [9.17, 15) is 9.90 Å². The first-order valence-corrected chi connectivity index (χ1v) is 11.0. The minimum Gasteiger partial charge on any atom is -0.512 e. The first-order valence-electron chi connectivity index (χ1n) is 11.0. The zero-order valence-electron chi connectivity index (χ0n) is 21.3. The summed E-state index contributed by atoms with van der Waals surface area (Å²) in [6.45, 7) is 17.5. The molecule has 0 aliphatic carbocycles. The molecule has 33 heavy (non-hydrogen) atoms. The molecular weight excluding hydrogens is 587 g/mol. The van der Waals surface area contributed by atoms with Gasteiger partial charge in [0.05, 0.1) is 0 Å². The van der Waals surface area contributed by atoms with Crippen LogP contribution in [-0.2, 0) is 24.9 Å². The fourth-order valence-corrected chi connectivity index (χ4v) is 2.96. The molecule has 0 aliphatic heterocycles. The third-order valence-electron chi connectivity index (χ3n) is 5.46. The molecule has 0 saturated heterocycles.